The molecule has 1 fully saturated rings. The monoisotopic (exact) mass is 463 g/mol. The molecule has 1 saturated heterocycles. The van der Waals surface area contributed by atoms with Crippen LogP contribution in [0.4, 0.5) is 5.69 Å². The minimum absolute atomic E-state index is 0.0473. The van der Waals surface area contributed by atoms with Gasteiger partial charge in [0.25, 0.3) is 5.91 Å². The van der Waals surface area contributed by atoms with Crippen molar-refractivity contribution in [3.63, 3.8) is 0 Å². The maximum Gasteiger partial charge on any atom is 0.253 e. The molecule has 2 aliphatic rings. The molecule has 0 radical (unpaired) electrons. The Balaban J connectivity index is 1.39. The van der Waals surface area contributed by atoms with Gasteiger partial charge in [0.05, 0.1) is 30.3 Å². The van der Waals surface area contributed by atoms with Crippen molar-refractivity contribution in [1.82, 2.24) is 9.47 Å². The second-order valence-electron chi connectivity index (χ2n) is 8.77. The summed E-state index contributed by atoms with van der Waals surface area (Å²) in [4.78, 5) is 18.5. The number of benzene rings is 2. The molecule has 6 nitrogen and oxygen atoms in total. The van der Waals surface area contributed by atoms with E-state index in [4.69, 9.17) is 9.47 Å². The molecular formula is C26H29N3O3S. The van der Waals surface area contributed by atoms with E-state index in [2.05, 4.69) is 35.0 Å². The van der Waals surface area contributed by atoms with Crippen LogP contribution >= 0.6 is 11.8 Å². The fraction of sp³-hybridized carbons (Fsp3) is 0.346. The van der Waals surface area contributed by atoms with E-state index in [1.165, 1.54) is 16.3 Å². The average molecular weight is 464 g/mol. The smallest absolute Gasteiger partial charge is 0.253 e. The van der Waals surface area contributed by atoms with Crippen molar-refractivity contribution in [2.75, 3.05) is 46.3 Å². The second kappa shape index (κ2) is 8.37. The highest BCUT2D eigenvalue weighted by molar-refractivity contribution is 8.00. The number of likely N-dealkylation sites (tertiary alicyclic amines) is 1. The summed E-state index contributed by atoms with van der Waals surface area (Å²) in [5, 5.41) is 0. The number of carbonyl (C=O) groups excluding carboxylic acids is 1. The zero-order chi connectivity index (χ0) is 23.2. The lowest BCUT2D eigenvalue weighted by molar-refractivity contribution is 0.0701. The summed E-state index contributed by atoms with van der Waals surface area (Å²) in [5.74, 6) is 1.72. The van der Waals surface area contributed by atoms with Gasteiger partial charge in [0, 0.05) is 49.5 Å². The van der Waals surface area contributed by atoms with Crippen molar-refractivity contribution >= 4 is 23.4 Å². The first kappa shape index (κ1) is 21.8. The number of aromatic nitrogens is 1. The fourth-order valence-electron chi connectivity index (χ4n) is 4.91. The van der Waals surface area contributed by atoms with Crippen LogP contribution in [0.2, 0.25) is 0 Å². The summed E-state index contributed by atoms with van der Waals surface area (Å²) in [6, 6.07) is 16.3. The molecule has 5 rings (SSSR count). The number of amides is 1. The standard InChI is InChI=1S/C26H29N3O3S/c1-27(2)21-16-18(7-10-22(21)32-4)25(30)28-14-11-26(12-15-28)24-6-5-13-29(24)20-9-8-19(31-3)17-23(20)33-26/h5-10,13,16-17H,11-12,14-15H2,1-4H3. The lowest BCUT2D eigenvalue weighted by atomic mass is 9.91. The van der Waals surface area contributed by atoms with E-state index < -0.39 is 0 Å². The maximum atomic E-state index is 13.4. The first-order valence-electron chi connectivity index (χ1n) is 11.2. The van der Waals surface area contributed by atoms with Crippen molar-refractivity contribution in [2.24, 2.45) is 0 Å². The molecular weight excluding hydrogens is 434 g/mol. The highest BCUT2D eigenvalue weighted by Gasteiger charge is 2.43. The number of methoxy groups -OCH3 is 2. The van der Waals surface area contributed by atoms with Gasteiger partial charge in [0.15, 0.2) is 0 Å². The molecule has 1 amide bonds. The van der Waals surface area contributed by atoms with Gasteiger partial charge in [0.2, 0.25) is 0 Å². The Morgan fingerprint density at radius 2 is 1.82 bits per heavy atom. The summed E-state index contributed by atoms with van der Waals surface area (Å²) in [7, 11) is 7.27. The molecule has 2 aliphatic heterocycles. The minimum atomic E-state index is -0.0473. The van der Waals surface area contributed by atoms with Crippen LogP contribution in [-0.4, -0.2) is 56.8 Å². The number of thioether (sulfide) groups is 1. The lowest BCUT2D eigenvalue weighted by Gasteiger charge is -2.44. The Hall–Kier alpha value is -3.06. The Labute approximate surface area is 199 Å². The second-order valence-corrected chi connectivity index (χ2v) is 10.2. The maximum absolute atomic E-state index is 13.4. The van der Waals surface area contributed by atoms with Gasteiger partial charge in [-0.2, -0.15) is 0 Å². The molecule has 0 unspecified atom stereocenters. The zero-order valence-electron chi connectivity index (χ0n) is 19.5. The number of hydrogen-bond acceptors (Lipinski definition) is 5. The molecule has 7 heteroatoms. The molecule has 2 aromatic carbocycles. The minimum Gasteiger partial charge on any atom is -0.497 e. The summed E-state index contributed by atoms with van der Waals surface area (Å²) < 4.78 is 13.2. The molecule has 0 atom stereocenters. The van der Waals surface area contributed by atoms with Gasteiger partial charge >= 0.3 is 0 Å². The molecule has 0 bridgehead atoms. The van der Waals surface area contributed by atoms with Crippen LogP contribution in [-0.2, 0) is 4.75 Å². The van der Waals surface area contributed by atoms with Crippen LogP contribution in [0.25, 0.3) is 5.69 Å². The summed E-state index contributed by atoms with van der Waals surface area (Å²) in [6.07, 6.45) is 3.95. The lowest BCUT2D eigenvalue weighted by Crippen LogP contribution is -2.45. The summed E-state index contributed by atoms with van der Waals surface area (Å²) in [6.45, 7) is 1.44. The van der Waals surface area contributed by atoms with Crippen LogP contribution in [0.1, 0.15) is 28.9 Å². The quantitative estimate of drug-likeness (QED) is 0.556. The number of piperidine rings is 1. The van der Waals surface area contributed by atoms with Crippen molar-refractivity contribution in [1.29, 1.82) is 0 Å². The van der Waals surface area contributed by atoms with Crippen molar-refractivity contribution in [3.8, 4) is 17.2 Å². The van der Waals surface area contributed by atoms with Crippen LogP contribution in [0.15, 0.2) is 59.6 Å². The fourth-order valence-corrected chi connectivity index (χ4v) is 6.44. The Bertz CT molecular complexity index is 1200. The van der Waals surface area contributed by atoms with E-state index in [-0.39, 0.29) is 10.7 Å². The van der Waals surface area contributed by atoms with E-state index in [0.717, 1.165) is 43.1 Å². The number of fused-ring (bicyclic) bond motifs is 4. The molecule has 33 heavy (non-hydrogen) atoms. The van der Waals surface area contributed by atoms with Crippen LogP contribution in [0.3, 0.4) is 0 Å². The third kappa shape index (κ3) is 3.64. The molecule has 3 aromatic rings. The first-order valence-corrected chi connectivity index (χ1v) is 12.0. The summed E-state index contributed by atoms with van der Waals surface area (Å²) in [5.41, 5.74) is 4.12. The van der Waals surface area contributed by atoms with Crippen LogP contribution < -0.4 is 14.4 Å². The van der Waals surface area contributed by atoms with Crippen molar-refractivity contribution in [2.45, 2.75) is 22.5 Å². The van der Waals surface area contributed by atoms with Gasteiger partial charge in [-0.25, -0.2) is 0 Å². The van der Waals surface area contributed by atoms with E-state index in [1.807, 2.05) is 59.9 Å². The molecule has 1 spiro atoms. The molecule has 3 heterocycles. The average Bonchev–Trinajstić information content (AvgIpc) is 3.35. The number of ether oxygens (including phenoxy) is 2. The predicted octanol–water partition coefficient (Wildman–Crippen LogP) is 4.80. The van der Waals surface area contributed by atoms with E-state index in [9.17, 15) is 4.79 Å². The third-order valence-corrected chi connectivity index (χ3v) is 8.27. The molecule has 0 saturated carbocycles. The number of anilines is 1. The predicted molar refractivity (Wildman–Crippen MR) is 132 cm³/mol. The molecule has 1 aromatic heterocycles. The third-order valence-electron chi connectivity index (χ3n) is 6.71. The van der Waals surface area contributed by atoms with Gasteiger partial charge in [-0.3, -0.25) is 4.79 Å². The highest BCUT2D eigenvalue weighted by Crippen LogP contribution is 2.54. The zero-order valence-corrected chi connectivity index (χ0v) is 20.3. The van der Waals surface area contributed by atoms with Gasteiger partial charge < -0.3 is 23.8 Å². The van der Waals surface area contributed by atoms with E-state index >= 15 is 0 Å². The Kier molecular flexibility index (Phi) is 5.52. The first-order chi connectivity index (χ1) is 16.0. The number of nitrogens with zero attached hydrogens (tertiary/aromatic N) is 3. The van der Waals surface area contributed by atoms with Crippen LogP contribution in [0.5, 0.6) is 11.5 Å². The van der Waals surface area contributed by atoms with Gasteiger partial charge in [-0.1, -0.05) is 0 Å². The topological polar surface area (TPSA) is 46.9 Å². The highest BCUT2D eigenvalue weighted by atomic mass is 32.2. The van der Waals surface area contributed by atoms with Crippen LogP contribution in [0, 0.1) is 0 Å². The van der Waals surface area contributed by atoms with Gasteiger partial charge in [0.1, 0.15) is 11.5 Å². The van der Waals surface area contributed by atoms with Gasteiger partial charge in [-0.05, 0) is 61.4 Å². The molecule has 0 N–H and O–H groups in total. The Morgan fingerprint density at radius 1 is 1.03 bits per heavy atom. The molecule has 0 aliphatic carbocycles. The Morgan fingerprint density at radius 3 is 2.52 bits per heavy atom. The van der Waals surface area contributed by atoms with Crippen molar-refractivity contribution < 1.29 is 14.3 Å². The number of rotatable bonds is 4. The SMILES string of the molecule is COc1ccc2c(c1)SC1(CCN(C(=O)c3ccc(OC)c(N(C)C)c3)CC1)c1cccn1-2. The largest absolute Gasteiger partial charge is 0.497 e. The normalized spacial score (nSPS) is 16.2. The number of carbonyl (C=O) groups is 1. The van der Waals surface area contributed by atoms with Crippen molar-refractivity contribution in [3.05, 3.63) is 66.0 Å². The van der Waals surface area contributed by atoms with E-state index in [1.54, 1.807) is 14.2 Å². The molecule has 172 valence electrons. The summed E-state index contributed by atoms with van der Waals surface area (Å²) >= 11 is 1.92. The van der Waals surface area contributed by atoms with E-state index in [0.29, 0.717) is 5.56 Å². The number of hydrogen-bond donors (Lipinski definition) is 0. The van der Waals surface area contributed by atoms with Gasteiger partial charge in [-0.15, -0.1) is 11.8 Å².